The first-order chi connectivity index (χ1) is 9.63. The lowest BCUT2D eigenvalue weighted by Crippen LogP contribution is -2.40. The number of carbonyl (C=O) groups is 1. The minimum atomic E-state index is -0.344. The molecule has 116 valence electrons. The summed E-state index contributed by atoms with van der Waals surface area (Å²) in [5, 5.41) is 16.0. The van der Waals surface area contributed by atoms with Crippen molar-refractivity contribution in [1.82, 2.24) is 10.6 Å². The smallest absolute Gasteiger partial charge is 0.230 e. The van der Waals surface area contributed by atoms with E-state index in [0.29, 0.717) is 13.1 Å². The lowest BCUT2D eigenvalue weighted by atomic mass is 9.91. The average Bonchev–Trinajstić information content (AvgIpc) is 3.15. The molecule has 0 radical (unpaired) electrons. The Morgan fingerprint density at radius 2 is 2.10 bits per heavy atom. The highest BCUT2D eigenvalue weighted by Crippen LogP contribution is 2.49. The van der Waals surface area contributed by atoms with Gasteiger partial charge in [-0.25, -0.2) is 0 Å². The van der Waals surface area contributed by atoms with E-state index in [2.05, 4.69) is 29.7 Å². The molecule has 2 atom stereocenters. The number of aliphatic hydroxyl groups is 1. The third-order valence-electron chi connectivity index (χ3n) is 4.67. The number of aliphatic hydroxyl groups excluding tert-OH is 1. The molecule has 1 saturated heterocycles. The van der Waals surface area contributed by atoms with E-state index in [1.807, 2.05) is 12.1 Å². The van der Waals surface area contributed by atoms with Crippen LogP contribution < -0.4 is 10.6 Å². The molecular weight excluding hydrogens is 288 g/mol. The fourth-order valence-corrected chi connectivity index (χ4v) is 3.17. The molecular formula is C16H23ClN2O2. The van der Waals surface area contributed by atoms with Crippen molar-refractivity contribution in [3.8, 4) is 0 Å². The largest absolute Gasteiger partial charge is 0.391 e. The number of aryl methyl sites for hydroxylation is 1. The van der Waals surface area contributed by atoms with Crippen LogP contribution in [0.3, 0.4) is 0 Å². The molecule has 0 bridgehead atoms. The van der Waals surface area contributed by atoms with Gasteiger partial charge in [0.15, 0.2) is 0 Å². The number of hydrogen-bond donors (Lipinski definition) is 3. The molecule has 0 aromatic heterocycles. The summed E-state index contributed by atoms with van der Waals surface area (Å²) < 4.78 is 0. The van der Waals surface area contributed by atoms with Crippen LogP contribution in [-0.4, -0.2) is 36.8 Å². The maximum Gasteiger partial charge on any atom is 0.230 e. The quantitative estimate of drug-likeness (QED) is 0.782. The molecule has 1 amide bonds. The standard InChI is InChI=1S/C16H22N2O2.ClH/c1-11-4-2-3-5-13(11)16(6-7-16)15(20)18-9-12-8-17-10-14(12)19;/h2-5,12,14,17,19H,6-10H2,1H3,(H,18,20);1H. The van der Waals surface area contributed by atoms with E-state index in [-0.39, 0.29) is 35.8 Å². The van der Waals surface area contributed by atoms with Crippen molar-refractivity contribution in [2.24, 2.45) is 5.92 Å². The summed E-state index contributed by atoms with van der Waals surface area (Å²) in [5.74, 6) is 0.248. The zero-order chi connectivity index (χ0) is 14.2. The second kappa shape index (κ2) is 6.34. The lowest BCUT2D eigenvalue weighted by molar-refractivity contribution is -0.123. The number of halogens is 1. The van der Waals surface area contributed by atoms with Gasteiger partial charge in [-0.05, 0) is 30.9 Å². The van der Waals surface area contributed by atoms with E-state index in [1.165, 1.54) is 5.56 Å². The van der Waals surface area contributed by atoms with Gasteiger partial charge in [-0.15, -0.1) is 12.4 Å². The highest BCUT2D eigenvalue weighted by molar-refractivity contribution is 5.91. The van der Waals surface area contributed by atoms with Gasteiger partial charge in [-0.3, -0.25) is 4.79 Å². The van der Waals surface area contributed by atoms with Crippen molar-refractivity contribution in [2.75, 3.05) is 19.6 Å². The van der Waals surface area contributed by atoms with E-state index in [4.69, 9.17) is 0 Å². The molecule has 3 rings (SSSR count). The Morgan fingerprint density at radius 3 is 2.67 bits per heavy atom. The van der Waals surface area contributed by atoms with Gasteiger partial charge >= 0.3 is 0 Å². The van der Waals surface area contributed by atoms with Crippen molar-refractivity contribution in [3.63, 3.8) is 0 Å². The number of rotatable bonds is 4. The summed E-state index contributed by atoms with van der Waals surface area (Å²) in [6, 6.07) is 8.13. The number of nitrogens with one attached hydrogen (secondary N) is 2. The van der Waals surface area contributed by atoms with E-state index < -0.39 is 0 Å². The molecule has 1 heterocycles. The average molecular weight is 311 g/mol. The number of β-amino-alcohol motifs (C(OH)–C–C–N with tert-alkyl or cyclic N) is 1. The maximum absolute atomic E-state index is 12.5. The second-order valence-corrected chi connectivity index (χ2v) is 6.09. The third kappa shape index (κ3) is 3.07. The van der Waals surface area contributed by atoms with Crippen LogP contribution in [0.15, 0.2) is 24.3 Å². The van der Waals surface area contributed by atoms with Gasteiger partial charge in [-0.2, -0.15) is 0 Å². The third-order valence-corrected chi connectivity index (χ3v) is 4.67. The highest BCUT2D eigenvalue weighted by Gasteiger charge is 2.51. The van der Waals surface area contributed by atoms with Crippen LogP contribution in [0.1, 0.15) is 24.0 Å². The summed E-state index contributed by atoms with van der Waals surface area (Å²) in [7, 11) is 0. The first-order valence-electron chi connectivity index (χ1n) is 7.37. The number of amides is 1. The fourth-order valence-electron chi connectivity index (χ4n) is 3.17. The summed E-state index contributed by atoms with van der Waals surface area (Å²) in [5.41, 5.74) is 2.02. The number of carbonyl (C=O) groups excluding carboxylic acids is 1. The normalized spacial score (nSPS) is 26.0. The molecule has 21 heavy (non-hydrogen) atoms. The van der Waals surface area contributed by atoms with Gasteiger partial charge in [0.25, 0.3) is 0 Å². The Bertz CT molecular complexity index is 517. The van der Waals surface area contributed by atoms with Gasteiger partial charge in [0.2, 0.25) is 5.91 Å². The predicted molar refractivity (Wildman–Crippen MR) is 84.7 cm³/mol. The minimum absolute atomic E-state index is 0. The first kappa shape index (κ1) is 16.3. The summed E-state index contributed by atoms with van der Waals surface area (Å²) in [4.78, 5) is 12.5. The van der Waals surface area contributed by atoms with E-state index >= 15 is 0 Å². The topological polar surface area (TPSA) is 61.4 Å². The van der Waals surface area contributed by atoms with Crippen LogP contribution >= 0.6 is 12.4 Å². The molecule has 4 nitrogen and oxygen atoms in total. The predicted octanol–water partition coefficient (Wildman–Crippen LogP) is 1.14. The summed E-state index contributed by atoms with van der Waals surface area (Å²) in [6.07, 6.45) is 1.51. The van der Waals surface area contributed by atoms with Crippen molar-refractivity contribution in [2.45, 2.75) is 31.3 Å². The number of hydrogen-bond acceptors (Lipinski definition) is 3. The molecule has 0 spiro atoms. The first-order valence-corrected chi connectivity index (χ1v) is 7.37. The minimum Gasteiger partial charge on any atom is -0.391 e. The van der Waals surface area contributed by atoms with E-state index in [9.17, 15) is 9.90 Å². The zero-order valence-electron chi connectivity index (χ0n) is 12.3. The van der Waals surface area contributed by atoms with Crippen LogP contribution in [0.25, 0.3) is 0 Å². The molecule has 1 aliphatic heterocycles. The second-order valence-electron chi connectivity index (χ2n) is 6.09. The molecule has 1 aliphatic carbocycles. The van der Waals surface area contributed by atoms with Gasteiger partial charge in [0, 0.05) is 25.6 Å². The molecule has 2 unspecified atom stereocenters. The van der Waals surface area contributed by atoms with E-state index in [1.54, 1.807) is 0 Å². The molecule has 2 fully saturated rings. The van der Waals surface area contributed by atoms with Gasteiger partial charge in [0.05, 0.1) is 11.5 Å². The Kier molecular flexibility index (Phi) is 4.91. The van der Waals surface area contributed by atoms with Crippen LogP contribution in [0.2, 0.25) is 0 Å². The van der Waals surface area contributed by atoms with Gasteiger partial charge < -0.3 is 15.7 Å². The Morgan fingerprint density at radius 1 is 1.38 bits per heavy atom. The van der Waals surface area contributed by atoms with Gasteiger partial charge in [-0.1, -0.05) is 24.3 Å². The van der Waals surface area contributed by atoms with Crippen LogP contribution in [-0.2, 0) is 10.2 Å². The molecule has 3 N–H and O–H groups in total. The van der Waals surface area contributed by atoms with Crippen LogP contribution in [0.5, 0.6) is 0 Å². The molecule has 1 saturated carbocycles. The Hall–Kier alpha value is -1.10. The highest BCUT2D eigenvalue weighted by atomic mass is 35.5. The molecule has 2 aliphatic rings. The maximum atomic E-state index is 12.5. The van der Waals surface area contributed by atoms with Crippen LogP contribution in [0.4, 0.5) is 0 Å². The zero-order valence-corrected chi connectivity index (χ0v) is 13.1. The monoisotopic (exact) mass is 310 g/mol. The van der Waals surface area contributed by atoms with Crippen LogP contribution in [0, 0.1) is 12.8 Å². The molecule has 1 aromatic carbocycles. The lowest BCUT2D eigenvalue weighted by Gasteiger charge is -2.20. The number of benzene rings is 1. The summed E-state index contributed by atoms with van der Waals surface area (Å²) >= 11 is 0. The van der Waals surface area contributed by atoms with Crippen molar-refractivity contribution < 1.29 is 9.90 Å². The Labute approximate surface area is 131 Å². The molecule has 5 heteroatoms. The Balaban J connectivity index is 0.00000161. The SMILES string of the molecule is Cc1ccccc1C1(C(=O)NCC2CNCC2O)CC1.Cl. The fraction of sp³-hybridized carbons (Fsp3) is 0.562. The van der Waals surface area contributed by atoms with Crippen molar-refractivity contribution >= 4 is 18.3 Å². The van der Waals surface area contributed by atoms with Gasteiger partial charge in [0.1, 0.15) is 0 Å². The van der Waals surface area contributed by atoms with Crippen molar-refractivity contribution in [1.29, 1.82) is 0 Å². The van der Waals surface area contributed by atoms with E-state index in [0.717, 1.165) is 24.9 Å². The summed E-state index contributed by atoms with van der Waals surface area (Å²) in [6.45, 7) is 4.02. The van der Waals surface area contributed by atoms with Crippen molar-refractivity contribution in [3.05, 3.63) is 35.4 Å². The molecule has 1 aromatic rings.